The van der Waals surface area contributed by atoms with Crippen LogP contribution >= 0.6 is 0 Å². The molecular weight excluding hydrogens is 210 g/mol. The van der Waals surface area contributed by atoms with Gasteiger partial charge in [-0.2, -0.15) is 0 Å². The molecule has 1 N–H and O–H groups in total. The first-order chi connectivity index (χ1) is 7.76. The molecule has 0 saturated heterocycles. The molecule has 0 radical (unpaired) electrons. The van der Waals surface area contributed by atoms with Crippen LogP contribution in [0.4, 0.5) is 0 Å². The molecule has 0 bridgehead atoms. The Kier molecular flexibility index (Phi) is 2.81. The molecule has 1 atom stereocenters. The molecular formula is C15H23NO. The second-order valence-corrected chi connectivity index (χ2v) is 6.52. The predicted octanol–water partition coefficient (Wildman–Crippen LogP) is 2.98. The Labute approximate surface area is 104 Å². The summed E-state index contributed by atoms with van der Waals surface area (Å²) in [5.41, 5.74) is 2.62. The quantitative estimate of drug-likeness (QED) is 0.870. The third-order valence-electron chi connectivity index (χ3n) is 4.91. The molecule has 1 aliphatic carbocycles. The van der Waals surface area contributed by atoms with Gasteiger partial charge in [0.1, 0.15) is 0 Å². The first-order valence-corrected chi connectivity index (χ1v) is 6.36. The second-order valence-electron chi connectivity index (χ2n) is 6.52. The summed E-state index contributed by atoms with van der Waals surface area (Å²) >= 11 is 0. The maximum absolute atomic E-state index is 10.3. The molecule has 0 aliphatic heterocycles. The summed E-state index contributed by atoms with van der Waals surface area (Å²) in [5, 5.41) is 10.3. The number of aliphatic hydroxyl groups is 1. The molecule has 0 spiro atoms. The lowest BCUT2D eigenvalue weighted by Gasteiger charge is -2.12. The molecule has 0 aromatic carbocycles. The zero-order valence-corrected chi connectivity index (χ0v) is 11.5. The Bertz CT molecular complexity index is 391. The topological polar surface area (TPSA) is 33.1 Å². The smallest absolute Gasteiger partial charge is 0.0634 e. The van der Waals surface area contributed by atoms with Gasteiger partial charge in [0.25, 0.3) is 0 Å². The third-order valence-corrected chi connectivity index (χ3v) is 4.91. The van der Waals surface area contributed by atoms with Gasteiger partial charge in [0, 0.05) is 18.3 Å². The Morgan fingerprint density at radius 3 is 2.24 bits per heavy atom. The van der Waals surface area contributed by atoms with Crippen LogP contribution in [-0.4, -0.2) is 16.2 Å². The Morgan fingerprint density at radius 1 is 1.24 bits per heavy atom. The molecule has 2 nitrogen and oxygen atoms in total. The highest BCUT2D eigenvalue weighted by Crippen LogP contribution is 2.69. The Morgan fingerprint density at radius 2 is 1.82 bits per heavy atom. The van der Waals surface area contributed by atoms with Crippen molar-refractivity contribution < 1.29 is 5.11 Å². The first-order valence-electron chi connectivity index (χ1n) is 6.36. The number of hydrogen-bond acceptors (Lipinski definition) is 2. The van der Waals surface area contributed by atoms with Crippen molar-refractivity contribution in [3.05, 3.63) is 29.6 Å². The van der Waals surface area contributed by atoms with E-state index in [9.17, 15) is 5.11 Å². The van der Waals surface area contributed by atoms with Crippen molar-refractivity contribution in [2.75, 3.05) is 0 Å². The summed E-state index contributed by atoms with van der Waals surface area (Å²) in [6.07, 6.45) is 2.25. The lowest BCUT2D eigenvalue weighted by molar-refractivity contribution is 0.128. The summed E-state index contributed by atoms with van der Waals surface area (Å²) in [5.74, 6) is 0.373. The van der Waals surface area contributed by atoms with Crippen molar-refractivity contribution in [3.8, 4) is 0 Å². The van der Waals surface area contributed by atoms with E-state index in [1.165, 1.54) is 0 Å². The largest absolute Gasteiger partial charge is 0.392 e. The molecule has 2 rings (SSSR count). The van der Waals surface area contributed by atoms with Crippen molar-refractivity contribution in [2.24, 2.45) is 16.7 Å². The van der Waals surface area contributed by atoms with Crippen LogP contribution in [0.25, 0.3) is 0 Å². The summed E-state index contributed by atoms with van der Waals surface area (Å²) in [6.45, 7) is 11.0. The van der Waals surface area contributed by atoms with Gasteiger partial charge in [-0.25, -0.2) is 0 Å². The number of pyridine rings is 1. The van der Waals surface area contributed by atoms with E-state index in [2.05, 4.69) is 38.7 Å². The van der Waals surface area contributed by atoms with Crippen molar-refractivity contribution in [2.45, 2.75) is 47.1 Å². The molecule has 17 heavy (non-hydrogen) atoms. The maximum Gasteiger partial charge on any atom is 0.0634 e. The van der Waals surface area contributed by atoms with Crippen LogP contribution in [0.15, 0.2) is 18.3 Å². The molecule has 2 heteroatoms. The SMILES string of the molecule is Cc1ccc(CC(O)C2C(C)(C)C2(C)C)nc1. The summed E-state index contributed by atoms with van der Waals surface area (Å²) in [7, 11) is 0. The van der Waals surface area contributed by atoms with E-state index in [1.807, 2.05) is 19.2 Å². The van der Waals surface area contributed by atoms with Gasteiger partial charge in [-0.3, -0.25) is 4.98 Å². The molecule has 1 aromatic heterocycles. The van der Waals surface area contributed by atoms with Gasteiger partial charge in [-0.1, -0.05) is 33.8 Å². The van der Waals surface area contributed by atoms with Crippen LogP contribution in [0.1, 0.15) is 39.0 Å². The van der Waals surface area contributed by atoms with Crippen LogP contribution in [-0.2, 0) is 6.42 Å². The highest BCUT2D eigenvalue weighted by Gasteiger charge is 2.66. The van der Waals surface area contributed by atoms with Gasteiger partial charge in [-0.15, -0.1) is 0 Å². The normalized spacial score (nSPS) is 23.4. The minimum atomic E-state index is -0.282. The zero-order chi connectivity index (χ0) is 12.8. The number of hydrogen-bond donors (Lipinski definition) is 1. The molecule has 1 saturated carbocycles. The fourth-order valence-corrected chi connectivity index (χ4v) is 3.16. The number of rotatable bonds is 3. The standard InChI is InChI=1S/C15H23NO/c1-10-6-7-11(16-9-10)8-12(17)13-14(2,3)15(13,4)5/h6-7,9,12-13,17H,8H2,1-5H3. The summed E-state index contributed by atoms with van der Waals surface area (Å²) in [4.78, 5) is 4.36. The Balaban J connectivity index is 2.04. The van der Waals surface area contributed by atoms with Gasteiger partial charge in [-0.05, 0) is 35.3 Å². The molecule has 1 heterocycles. The lowest BCUT2D eigenvalue weighted by Crippen LogP contribution is -2.18. The second kappa shape index (κ2) is 3.81. The van der Waals surface area contributed by atoms with Crippen molar-refractivity contribution >= 4 is 0 Å². The van der Waals surface area contributed by atoms with Crippen molar-refractivity contribution in [3.63, 3.8) is 0 Å². The van der Waals surface area contributed by atoms with Crippen LogP contribution in [0.5, 0.6) is 0 Å². The molecule has 94 valence electrons. The van der Waals surface area contributed by atoms with Crippen LogP contribution < -0.4 is 0 Å². The monoisotopic (exact) mass is 233 g/mol. The fourth-order valence-electron chi connectivity index (χ4n) is 3.16. The van der Waals surface area contributed by atoms with Gasteiger partial charge >= 0.3 is 0 Å². The van der Waals surface area contributed by atoms with E-state index < -0.39 is 0 Å². The molecule has 0 amide bonds. The fraction of sp³-hybridized carbons (Fsp3) is 0.667. The predicted molar refractivity (Wildman–Crippen MR) is 69.7 cm³/mol. The van der Waals surface area contributed by atoms with Crippen molar-refractivity contribution in [1.29, 1.82) is 0 Å². The van der Waals surface area contributed by atoms with E-state index in [0.29, 0.717) is 12.3 Å². The molecule has 1 aromatic rings. The summed E-state index contributed by atoms with van der Waals surface area (Å²) < 4.78 is 0. The third kappa shape index (κ3) is 1.99. The zero-order valence-electron chi connectivity index (χ0n) is 11.5. The molecule has 1 unspecified atom stereocenters. The molecule has 1 fully saturated rings. The van der Waals surface area contributed by atoms with Gasteiger partial charge in [0.05, 0.1) is 6.10 Å². The summed E-state index contributed by atoms with van der Waals surface area (Å²) in [6, 6.07) is 4.07. The minimum Gasteiger partial charge on any atom is -0.392 e. The van der Waals surface area contributed by atoms with Crippen LogP contribution in [0.3, 0.4) is 0 Å². The van der Waals surface area contributed by atoms with E-state index >= 15 is 0 Å². The number of aliphatic hydroxyl groups excluding tert-OH is 1. The number of nitrogens with zero attached hydrogens (tertiary/aromatic N) is 1. The highest BCUT2D eigenvalue weighted by atomic mass is 16.3. The van der Waals surface area contributed by atoms with Gasteiger partial charge < -0.3 is 5.11 Å². The maximum atomic E-state index is 10.3. The van der Waals surface area contributed by atoms with E-state index in [4.69, 9.17) is 0 Å². The van der Waals surface area contributed by atoms with Gasteiger partial charge in [0.15, 0.2) is 0 Å². The number of aromatic nitrogens is 1. The average Bonchev–Trinajstić information content (AvgIpc) is 2.61. The van der Waals surface area contributed by atoms with E-state index in [-0.39, 0.29) is 16.9 Å². The van der Waals surface area contributed by atoms with E-state index in [0.717, 1.165) is 11.3 Å². The van der Waals surface area contributed by atoms with Crippen LogP contribution in [0.2, 0.25) is 0 Å². The molecule has 1 aliphatic rings. The minimum absolute atomic E-state index is 0.233. The van der Waals surface area contributed by atoms with Gasteiger partial charge in [0.2, 0.25) is 0 Å². The first kappa shape index (κ1) is 12.6. The highest BCUT2D eigenvalue weighted by molar-refractivity contribution is 5.18. The Hall–Kier alpha value is -0.890. The number of aryl methyl sites for hydroxylation is 1. The lowest BCUT2D eigenvalue weighted by atomic mass is 10.0. The van der Waals surface area contributed by atoms with Crippen molar-refractivity contribution in [1.82, 2.24) is 4.98 Å². The average molecular weight is 233 g/mol. The van der Waals surface area contributed by atoms with Crippen LogP contribution in [0, 0.1) is 23.7 Å². The van der Waals surface area contributed by atoms with E-state index in [1.54, 1.807) is 0 Å².